The first-order valence-corrected chi connectivity index (χ1v) is 13.3. The van der Waals surface area contributed by atoms with Gasteiger partial charge in [0.1, 0.15) is 0 Å². The predicted octanol–water partition coefficient (Wildman–Crippen LogP) is 2.07. The van der Waals surface area contributed by atoms with Gasteiger partial charge in [0, 0.05) is 6.61 Å². The number of hydrogen-bond donors (Lipinski definition) is 0. The average Bonchev–Trinajstić information content (AvgIpc) is 2.78. The van der Waals surface area contributed by atoms with Crippen molar-refractivity contribution in [2.45, 2.75) is 110 Å². The summed E-state index contributed by atoms with van der Waals surface area (Å²) in [5.74, 6) is -1.21. The fourth-order valence-corrected chi connectivity index (χ4v) is 3.57. The molecule has 0 aromatic carbocycles. The van der Waals surface area contributed by atoms with E-state index in [0.717, 1.165) is 13.0 Å². The Morgan fingerprint density at radius 3 is 1.15 bits per heavy atom. The number of ether oxygens (including phenoxy) is 4. The van der Waals surface area contributed by atoms with E-state index in [9.17, 15) is 9.90 Å². The Morgan fingerprint density at radius 1 is 0.485 bits per heavy atom. The van der Waals surface area contributed by atoms with Gasteiger partial charge in [-0.2, -0.15) is 0 Å². The van der Waals surface area contributed by atoms with Crippen LogP contribution in [0.3, 0.4) is 0 Å². The molecule has 0 aromatic heterocycles. The van der Waals surface area contributed by atoms with Crippen molar-refractivity contribution in [3.05, 3.63) is 0 Å². The van der Waals surface area contributed by atoms with Crippen molar-refractivity contribution >= 4 is 5.97 Å². The van der Waals surface area contributed by atoms with Crippen molar-refractivity contribution in [2.24, 2.45) is 0 Å². The fourth-order valence-electron chi connectivity index (χ4n) is 3.57. The maximum absolute atomic E-state index is 10.1. The first-order chi connectivity index (χ1) is 15.8. The standard InChI is InChI=1S/C26H52O6.Na/c1-2-3-4-5-6-7-8-9-10-11-12-13-14-15-16-17-18-29-19-20-30-21-22-31-23-24-32-25-26(27)28;/h2-25H2,1H3,(H,27,28);/q;+1/p-1. The molecule has 33 heavy (non-hydrogen) atoms. The molecule has 192 valence electrons. The Hall–Kier alpha value is 0.310. The summed E-state index contributed by atoms with van der Waals surface area (Å²) >= 11 is 0. The number of hydrogen-bond acceptors (Lipinski definition) is 6. The van der Waals surface area contributed by atoms with E-state index in [1.54, 1.807) is 0 Å². The Balaban J connectivity index is 0. The third-order valence-corrected chi connectivity index (χ3v) is 5.48. The number of aliphatic carboxylic acids is 1. The van der Waals surface area contributed by atoms with Crippen molar-refractivity contribution < 1.29 is 58.4 Å². The summed E-state index contributed by atoms with van der Waals surface area (Å²) in [6, 6.07) is 0. The Labute approximate surface area is 226 Å². The minimum atomic E-state index is -1.21. The summed E-state index contributed by atoms with van der Waals surface area (Å²) in [6.07, 6.45) is 22.1. The van der Waals surface area contributed by atoms with E-state index in [-0.39, 0.29) is 36.2 Å². The summed E-state index contributed by atoms with van der Waals surface area (Å²) in [5, 5.41) is 10.1. The molecule has 0 N–H and O–H groups in total. The van der Waals surface area contributed by atoms with Crippen LogP contribution in [0.2, 0.25) is 0 Å². The molecule has 0 bridgehead atoms. The molecule has 0 rings (SSSR count). The van der Waals surface area contributed by atoms with Crippen molar-refractivity contribution in [1.82, 2.24) is 0 Å². The summed E-state index contributed by atoms with van der Waals surface area (Å²) in [6.45, 7) is 5.46. The van der Waals surface area contributed by atoms with Gasteiger partial charge in [-0.05, 0) is 6.42 Å². The van der Waals surface area contributed by atoms with E-state index in [1.807, 2.05) is 0 Å². The first-order valence-electron chi connectivity index (χ1n) is 13.3. The second-order valence-corrected chi connectivity index (χ2v) is 8.57. The molecule has 0 saturated heterocycles. The van der Waals surface area contributed by atoms with E-state index in [4.69, 9.17) is 18.9 Å². The largest absolute Gasteiger partial charge is 1.00 e. The average molecular weight is 483 g/mol. The Kier molecular flexibility index (Phi) is 34.7. The topological polar surface area (TPSA) is 77.0 Å². The van der Waals surface area contributed by atoms with Gasteiger partial charge in [0.2, 0.25) is 0 Å². The van der Waals surface area contributed by atoms with E-state index in [0.29, 0.717) is 33.0 Å². The molecule has 0 atom stereocenters. The quantitative estimate of drug-likeness (QED) is 0.126. The number of unbranched alkanes of at least 4 members (excludes halogenated alkanes) is 15. The number of carbonyl (C=O) groups excluding carboxylic acids is 1. The number of carboxylic acids is 1. The van der Waals surface area contributed by atoms with Gasteiger partial charge in [-0.3, -0.25) is 0 Å². The van der Waals surface area contributed by atoms with Crippen LogP contribution in [0.4, 0.5) is 0 Å². The monoisotopic (exact) mass is 482 g/mol. The maximum atomic E-state index is 10.1. The molecule has 0 unspecified atom stereocenters. The maximum Gasteiger partial charge on any atom is 1.00 e. The molecule has 0 saturated carbocycles. The van der Waals surface area contributed by atoms with Crippen LogP contribution in [-0.2, 0) is 23.7 Å². The molecular formula is C26H51NaO6. The van der Waals surface area contributed by atoms with Crippen molar-refractivity contribution in [1.29, 1.82) is 0 Å². The SMILES string of the molecule is CCCCCCCCCCCCCCCCCCOCCOCCOCCOCC(=O)[O-].[Na+]. The molecular weight excluding hydrogens is 431 g/mol. The third-order valence-electron chi connectivity index (χ3n) is 5.48. The number of rotatable bonds is 28. The van der Waals surface area contributed by atoms with Gasteiger partial charge in [0.25, 0.3) is 0 Å². The van der Waals surface area contributed by atoms with Crippen molar-refractivity contribution in [3.63, 3.8) is 0 Å². The van der Waals surface area contributed by atoms with E-state index in [2.05, 4.69) is 6.92 Å². The van der Waals surface area contributed by atoms with Gasteiger partial charge in [-0.15, -0.1) is 0 Å². The second-order valence-electron chi connectivity index (χ2n) is 8.57. The van der Waals surface area contributed by atoms with E-state index in [1.165, 1.54) is 96.3 Å². The molecule has 0 aromatic rings. The van der Waals surface area contributed by atoms with Crippen LogP contribution in [0.25, 0.3) is 0 Å². The molecule has 0 aliphatic carbocycles. The smallest absolute Gasteiger partial charge is 0.548 e. The zero-order valence-corrected chi connectivity index (χ0v) is 23.9. The van der Waals surface area contributed by atoms with E-state index >= 15 is 0 Å². The normalized spacial score (nSPS) is 10.9. The molecule has 0 spiro atoms. The van der Waals surface area contributed by atoms with Gasteiger partial charge in [-0.1, -0.05) is 103 Å². The van der Waals surface area contributed by atoms with Crippen LogP contribution in [0.1, 0.15) is 110 Å². The zero-order valence-electron chi connectivity index (χ0n) is 21.9. The summed E-state index contributed by atoms with van der Waals surface area (Å²) < 4.78 is 21.1. The van der Waals surface area contributed by atoms with Crippen LogP contribution in [0, 0.1) is 0 Å². The van der Waals surface area contributed by atoms with Crippen molar-refractivity contribution in [3.8, 4) is 0 Å². The number of carbonyl (C=O) groups is 1. The first kappa shape index (κ1) is 35.5. The van der Waals surface area contributed by atoms with E-state index < -0.39 is 12.6 Å². The predicted molar refractivity (Wildman–Crippen MR) is 128 cm³/mol. The minimum Gasteiger partial charge on any atom is -0.548 e. The van der Waals surface area contributed by atoms with Gasteiger partial charge in [-0.25, -0.2) is 0 Å². The van der Waals surface area contributed by atoms with Crippen LogP contribution in [0.5, 0.6) is 0 Å². The molecule has 0 heterocycles. The Bertz CT molecular complexity index is 371. The molecule has 0 fully saturated rings. The minimum absolute atomic E-state index is 0. The Morgan fingerprint density at radius 2 is 0.788 bits per heavy atom. The van der Waals surface area contributed by atoms with Gasteiger partial charge >= 0.3 is 29.6 Å². The van der Waals surface area contributed by atoms with Crippen LogP contribution < -0.4 is 34.7 Å². The summed E-state index contributed by atoms with van der Waals surface area (Å²) in [7, 11) is 0. The fraction of sp³-hybridized carbons (Fsp3) is 0.962. The zero-order chi connectivity index (χ0) is 23.4. The summed E-state index contributed by atoms with van der Waals surface area (Å²) in [5.41, 5.74) is 0. The molecule has 6 nitrogen and oxygen atoms in total. The molecule has 0 amide bonds. The van der Waals surface area contributed by atoms with Gasteiger partial charge in [0.05, 0.1) is 52.2 Å². The number of carboxylic acid groups (broad SMARTS) is 1. The van der Waals surface area contributed by atoms with Crippen LogP contribution in [-0.4, -0.2) is 58.8 Å². The molecule has 0 aliphatic heterocycles. The van der Waals surface area contributed by atoms with Gasteiger partial charge in [0.15, 0.2) is 0 Å². The third kappa shape index (κ3) is 34.6. The molecule has 7 heteroatoms. The van der Waals surface area contributed by atoms with Crippen molar-refractivity contribution in [2.75, 3.05) is 52.9 Å². The molecule has 0 aliphatic rings. The van der Waals surface area contributed by atoms with Crippen LogP contribution >= 0.6 is 0 Å². The second kappa shape index (κ2) is 32.3. The summed E-state index contributed by atoms with van der Waals surface area (Å²) in [4.78, 5) is 10.1. The van der Waals surface area contributed by atoms with Gasteiger partial charge < -0.3 is 28.8 Å². The van der Waals surface area contributed by atoms with Crippen LogP contribution in [0.15, 0.2) is 0 Å². The molecule has 0 radical (unpaired) electrons.